The maximum atomic E-state index is 12.2. The quantitative estimate of drug-likeness (QED) is 0.624. The Labute approximate surface area is 154 Å². The molecule has 0 radical (unpaired) electrons. The average Bonchev–Trinajstić information content (AvgIpc) is 2.58. The van der Waals surface area contributed by atoms with Crippen LogP contribution in [0.15, 0.2) is 36.4 Å². The molecule has 25 heavy (non-hydrogen) atoms. The summed E-state index contributed by atoms with van der Waals surface area (Å²) < 4.78 is 5.10. The van der Waals surface area contributed by atoms with Gasteiger partial charge in [-0.25, -0.2) is 4.79 Å². The van der Waals surface area contributed by atoms with Gasteiger partial charge < -0.3 is 15.8 Å². The zero-order chi connectivity index (χ0) is 18.6. The number of amides is 1. The normalized spacial score (nSPS) is 11.3. The molecule has 2 rings (SSSR count). The van der Waals surface area contributed by atoms with Gasteiger partial charge in [0.05, 0.1) is 27.5 Å². The number of benzene rings is 2. The maximum Gasteiger partial charge on any atom is 0.341 e. The van der Waals surface area contributed by atoms with Crippen molar-refractivity contribution < 1.29 is 14.3 Å². The molecule has 2 aromatic carbocycles. The van der Waals surface area contributed by atoms with Gasteiger partial charge in [-0.15, -0.1) is 0 Å². The zero-order valence-electron chi connectivity index (χ0n) is 13.0. The topological polar surface area (TPSA) is 105 Å². The number of hydrogen-bond acceptors (Lipinski definition) is 5. The highest BCUT2D eigenvalue weighted by Gasteiger charge is 2.22. The number of esters is 1. The van der Waals surface area contributed by atoms with Crippen LogP contribution in [-0.2, 0) is 9.53 Å². The summed E-state index contributed by atoms with van der Waals surface area (Å²) in [6, 6.07) is 11.1. The van der Waals surface area contributed by atoms with Gasteiger partial charge in [0.1, 0.15) is 6.07 Å². The Kier molecular flexibility index (Phi) is 5.86. The molecule has 0 unspecified atom stereocenters. The fourth-order valence-electron chi connectivity index (χ4n) is 1.96. The lowest BCUT2D eigenvalue weighted by atomic mass is 10.2. The first-order chi connectivity index (χ1) is 11.8. The van der Waals surface area contributed by atoms with E-state index >= 15 is 0 Å². The third-order valence-electron chi connectivity index (χ3n) is 3.27. The predicted molar refractivity (Wildman–Crippen MR) is 95.5 cm³/mol. The standard InChI is InChI=1S/C17H13Cl2N3O3/c1-9(16(23)22-14-5-3-2-4-10(14)8-20)25-17(24)12-6-11(18)7-13(19)15(12)21/h2-7,9H,21H2,1H3,(H,22,23)/t9-/m1/s1. The highest BCUT2D eigenvalue weighted by molar-refractivity contribution is 6.37. The van der Waals surface area contributed by atoms with Crippen LogP contribution in [0, 0.1) is 11.3 Å². The van der Waals surface area contributed by atoms with Crippen LogP contribution < -0.4 is 11.1 Å². The van der Waals surface area contributed by atoms with E-state index < -0.39 is 18.0 Å². The molecule has 0 fully saturated rings. The monoisotopic (exact) mass is 377 g/mol. The number of nitrogens with two attached hydrogens (primary N) is 1. The number of nitrogen functional groups attached to an aromatic ring is 1. The first-order valence-corrected chi connectivity index (χ1v) is 7.84. The van der Waals surface area contributed by atoms with E-state index in [1.54, 1.807) is 24.3 Å². The van der Waals surface area contributed by atoms with Crippen LogP contribution in [0.5, 0.6) is 0 Å². The Morgan fingerprint density at radius 1 is 1.28 bits per heavy atom. The Morgan fingerprint density at radius 3 is 2.64 bits per heavy atom. The van der Waals surface area contributed by atoms with Gasteiger partial charge in [0.2, 0.25) is 0 Å². The molecular weight excluding hydrogens is 365 g/mol. The number of nitriles is 1. The molecule has 1 amide bonds. The third-order valence-corrected chi connectivity index (χ3v) is 3.80. The van der Waals surface area contributed by atoms with E-state index in [1.165, 1.54) is 19.1 Å². The first-order valence-electron chi connectivity index (χ1n) is 7.09. The summed E-state index contributed by atoms with van der Waals surface area (Å²) >= 11 is 11.7. The Bertz CT molecular complexity index is 878. The Hall–Kier alpha value is -2.75. The summed E-state index contributed by atoms with van der Waals surface area (Å²) in [7, 11) is 0. The van der Waals surface area contributed by atoms with E-state index in [4.69, 9.17) is 38.9 Å². The molecule has 0 bridgehead atoms. The fourth-order valence-corrected chi connectivity index (χ4v) is 2.45. The number of anilines is 2. The summed E-state index contributed by atoms with van der Waals surface area (Å²) in [4.78, 5) is 24.4. The van der Waals surface area contributed by atoms with E-state index in [2.05, 4.69) is 5.32 Å². The van der Waals surface area contributed by atoms with E-state index in [1.807, 2.05) is 6.07 Å². The van der Waals surface area contributed by atoms with Crippen molar-refractivity contribution in [2.24, 2.45) is 0 Å². The van der Waals surface area contributed by atoms with Crippen LogP contribution in [0.1, 0.15) is 22.8 Å². The van der Waals surface area contributed by atoms with Crippen molar-refractivity contribution in [1.29, 1.82) is 5.26 Å². The molecule has 0 aliphatic carbocycles. The molecule has 3 N–H and O–H groups in total. The second kappa shape index (κ2) is 7.88. The number of para-hydroxylation sites is 1. The SMILES string of the molecule is C[C@@H](OC(=O)c1cc(Cl)cc(Cl)c1N)C(=O)Nc1ccccc1C#N. The second-order valence-corrected chi connectivity index (χ2v) is 5.89. The van der Waals surface area contributed by atoms with Crippen LogP contribution in [-0.4, -0.2) is 18.0 Å². The lowest BCUT2D eigenvalue weighted by Gasteiger charge is -2.15. The van der Waals surface area contributed by atoms with Crippen molar-refractivity contribution in [2.75, 3.05) is 11.1 Å². The molecule has 0 heterocycles. The zero-order valence-corrected chi connectivity index (χ0v) is 14.6. The van der Waals surface area contributed by atoms with Gasteiger partial charge in [0.15, 0.2) is 6.10 Å². The maximum absolute atomic E-state index is 12.2. The van der Waals surface area contributed by atoms with Crippen molar-refractivity contribution in [3.8, 4) is 6.07 Å². The van der Waals surface area contributed by atoms with Gasteiger partial charge in [0, 0.05) is 5.02 Å². The number of nitrogens with one attached hydrogen (secondary N) is 1. The molecular formula is C17H13Cl2N3O3. The molecule has 128 valence electrons. The molecule has 0 aromatic heterocycles. The largest absolute Gasteiger partial charge is 0.449 e. The molecule has 0 aliphatic heterocycles. The van der Waals surface area contributed by atoms with E-state index in [0.29, 0.717) is 11.3 Å². The Morgan fingerprint density at radius 2 is 1.96 bits per heavy atom. The highest BCUT2D eigenvalue weighted by atomic mass is 35.5. The van der Waals surface area contributed by atoms with E-state index in [-0.39, 0.29) is 21.3 Å². The molecule has 1 atom stereocenters. The number of carbonyl (C=O) groups excluding carboxylic acids is 2. The molecule has 2 aromatic rings. The Balaban J connectivity index is 2.11. The van der Waals surface area contributed by atoms with Gasteiger partial charge in [-0.1, -0.05) is 35.3 Å². The minimum absolute atomic E-state index is 0.0125. The summed E-state index contributed by atoms with van der Waals surface area (Å²) in [5.74, 6) is -1.43. The summed E-state index contributed by atoms with van der Waals surface area (Å²) in [6.45, 7) is 1.39. The number of rotatable bonds is 4. The second-order valence-electron chi connectivity index (χ2n) is 5.04. The van der Waals surface area contributed by atoms with Crippen LogP contribution in [0.3, 0.4) is 0 Å². The minimum atomic E-state index is -1.13. The molecule has 0 saturated heterocycles. The van der Waals surface area contributed by atoms with Crippen molar-refractivity contribution in [1.82, 2.24) is 0 Å². The van der Waals surface area contributed by atoms with Crippen LogP contribution >= 0.6 is 23.2 Å². The van der Waals surface area contributed by atoms with Crippen molar-refractivity contribution in [3.63, 3.8) is 0 Å². The van der Waals surface area contributed by atoms with Crippen LogP contribution in [0.4, 0.5) is 11.4 Å². The van der Waals surface area contributed by atoms with Crippen molar-refractivity contribution in [3.05, 3.63) is 57.6 Å². The fraction of sp³-hybridized carbons (Fsp3) is 0.118. The van der Waals surface area contributed by atoms with E-state index in [9.17, 15) is 9.59 Å². The number of nitrogens with zero attached hydrogens (tertiary/aromatic N) is 1. The first kappa shape index (κ1) is 18.6. The summed E-state index contributed by atoms with van der Waals surface area (Å²) in [5, 5.41) is 11.9. The van der Waals surface area contributed by atoms with Gasteiger partial charge in [-0.3, -0.25) is 4.79 Å². The number of halogens is 2. The van der Waals surface area contributed by atoms with Crippen molar-refractivity contribution >= 4 is 46.5 Å². The number of hydrogen-bond donors (Lipinski definition) is 2. The average molecular weight is 378 g/mol. The predicted octanol–water partition coefficient (Wildman–Crippen LogP) is 3.63. The highest BCUT2D eigenvalue weighted by Crippen LogP contribution is 2.28. The molecule has 0 aliphatic rings. The molecule has 8 heteroatoms. The van der Waals surface area contributed by atoms with Crippen LogP contribution in [0.25, 0.3) is 0 Å². The third kappa shape index (κ3) is 4.41. The van der Waals surface area contributed by atoms with Crippen LogP contribution in [0.2, 0.25) is 10.0 Å². The smallest absolute Gasteiger partial charge is 0.341 e. The lowest BCUT2D eigenvalue weighted by Crippen LogP contribution is -2.30. The number of ether oxygens (including phenoxy) is 1. The van der Waals surface area contributed by atoms with Gasteiger partial charge >= 0.3 is 5.97 Å². The summed E-state index contributed by atoms with van der Waals surface area (Å²) in [6.07, 6.45) is -1.13. The minimum Gasteiger partial charge on any atom is -0.449 e. The molecule has 0 saturated carbocycles. The summed E-state index contributed by atoms with van der Waals surface area (Å²) in [5.41, 5.74) is 6.33. The van der Waals surface area contributed by atoms with Gasteiger partial charge in [-0.05, 0) is 31.2 Å². The molecule has 0 spiro atoms. The van der Waals surface area contributed by atoms with Crippen molar-refractivity contribution in [2.45, 2.75) is 13.0 Å². The van der Waals surface area contributed by atoms with Gasteiger partial charge in [0.25, 0.3) is 5.91 Å². The van der Waals surface area contributed by atoms with E-state index in [0.717, 1.165) is 0 Å². The lowest BCUT2D eigenvalue weighted by molar-refractivity contribution is -0.123. The molecule has 6 nitrogen and oxygen atoms in total. The number of carbonyl (C=O) groups is 2. The van der Waals surface area contributed by atoms with Gasteiger partial charge in [-0.2, -0.15) is 5.26 Å².